The molecule has 1 aliphatic rings. The van der Waals surface area contributed by atoms with Crippen LogP contribution in [0, 0.1) is 11.8 Å². The van der Waals surface area contributed by atoms with Gasteiger partial charge in [-0.15, -0.1) is 0 Å². The number of H-pyrrole nitrogens is 1. The maximum atomic E-state index is 12.0. The van der Waals surface area contributed by atoms with Crippen molar-refractivity contribution >= 4 is 5.91 Å². The molecule has 1 aromatic rings. The number of rotatable bonds is 6. The highest BCUT2D eigenvalue weighted by molar-refractivity contribution is 5.76. The van der Waals surface area contributed by atoms with E-state index in [0.29, 0.717) is 11.8 Å². The maximum Gasteiger partial charge on any atom is 0.343 e. The van der Waals surface area contributed by atoms with Crippen LogP contribution >= 0.6 is 0 Å². The fourth-order valence-electron chi connectivity index (χ4n) is 2.91. The molecule has 0 unspecified atom stereocenters. The average Bonchev–Trinajstić information content (AvgIpc) is 2.97. The van der Waals surface area contributed by atoms with Gasteiger partial charge < -0.3 is 5.32 Å². The second-order valence-corrected chi connectivity index (χ2v) is 6.13. The van der Waals surface area contributed by atoms with E-state index < -0.39 is 0 Å². The number of aromatic nitrogens is 3. The quantitative estimate of drug-likeness (QED) is 0.824. The van der Waals surface area contributed by atoms with Gasteiger partial charge >= 0.3 is 5.69 Å². The molecular weight excluding hydrogens is 256 g/mol. The Balaban J connectivity index is 1.83. The highest BCUT2D eigenvalue weighted by Crippen LogP contribution is 2.30. The van der Waals surface area contributed by atoms with Gasteiger partial charge in [-0.05, 0) is 31.1 Å². The molecule has 0 aromatic carbocycles. The molecule has 112 valence electrons. The van der Waals surface area contributed by atoms with Crippen LogP contribution in [0.2, 0.25) is 0 Å². The van der Waals surface area contributed by atoms with Gasteiger partial charge in [0.25, 0.3) is 0 Å². The first-order valence-corrected chi connectivity index (χ1v) is 7.45. The molecule has 0 spiro atoms. The summed E-state index contributed by atoms with van der Waals surface area (Å²) in [5, 5.41) is 8.98. The second kappa shape index (κ2) is 6.72. The van der Waals surface area contributed by atoms with Crippen molar-refractivity contribution in [1.29, 1.82) is 0 Å². The lowest BCUT2D eigenvalue weighted by atomic mass is 9.93. The first-order valence-electron chi connectivity index (χ1n) is 7.45. The van der Waals surface area contributed by atoms with Gasteiger partial charge in [-0.1, -0.05) is 26.7 Å². The number of hydrogen-bond donors (Lipinski definition) is 2. The van der Waals surface area contributed by atoms with Gasteiger partial charge in [0.15, 0.2) is 0 Å². The van der Waals surface area contributed by atoms with Crippen molar-refractivity contribution in [2.45, 2.75) is 58.5 Å². The lowest BCUT2D eigenvalue weighted by molar-refractivity contribution is -0.122. The largest absolute Gasteiger partial charge is 0.352 e. The topological polar surface area (TPSA) is 79.8 Å². The van der Waals surface area contributed by atoms with E-state index in [1.54, 1.807) is 0 Å². The minimum Gasteiger partial charge on any atom is -0.352 e. The monoisotopic (exact) mass is 280 g/mol. The van der Waals surface area contributed by atoms with Crippen molar-refractivity contribution in [2.75, 3.05) is 0 Å². The zero-order valence-electron chi connectivity index (χ0n) is 12.3. The van der Waals surface area contributed by atoms with Crippen LogP contribution in [0.15, 0.2) is 11.1 Å². The van der Waals surface area contributed by atoms with Crippen LogP contribution in [-0.4, -0.2) is 26.7 Å². The average molecular weight is 280 g/mol. The van der Waals surface area contributed by atoms with E-state index >= 15 is 0 Å². The molecule has 1 saturated carbocycles. The van der Waals surface area contributed by atoms with Crippen LogP contribution in [-0.2, 0) is 11.3 Å². The molecule has 6 heteroatoms. The number of carbonyl (C=O) groups excluding carboxylic acids is 1. The zero-order chi connectivity index (χ0) is 14.5. The van der Waals surface area contributed by atoms with Gasteiger partial charge in [-0.25, -0.2) is 9.89 Å². The maximum absolute atomic E-state index is 12.0. The molecular formula is C14H24N4O2. The van der Waals surface area contributed by atoms with E-state index in [9.17, 15) is 9.59 Å². The molecule has 1 fully saturated rings. The predicted octanol–water partition coefficient (Wildman–Crippen LogP) is 1.29. The highest BCUT2D eigenvalue weighted by Gasteiger charge is 2.28. The Kier molecular flexibility index (Phi) is 4.98. The summed E-state index contributed by atoms with van der Waals surface area (Å²) < 4.78 is 1.29. The van der Waals surface area contributed by atoms with Crippen molar-refractivity contribution in [3.05, 3.63) is 16.8 Å². The molecule has 0 saturated heterocycles. The first kappa shape index (κ1) is 14.8. The summed E-state index contributed by atoms with van der Waals surface area (Å²) in [7, 11) is 0. The van der Waals surface area contributed by atoms with E-state index in [2.05, 4.69) is 29.4 Å². The number of nitrogens with zero attached hydrogens (tertiary/aromatic N) is 2. The fraction of sp³-hybridized carbons (Fsp3) is 0.786. The van der Waals surface area contributed by atoms with Gasteiger partial charge in [-0.3, -0.25) is 9.36 Å². The predicted molar refractivity (Wildman–Crippen MR) is 76.2 cm³/mol. The van der Waals surface area contributed by atoms with Gasteiger partial charge in [0, 0.05) is 6.04 Å². The van der Waals surface area contributed by atoms with Crippen LogP contribution in [0.4, 0.5) is 0 Å². The Morgan fingerprint density at radius 1 is 1.55 bits per heavy atom. The lowest BCUT2D eigenvalue weighted by Gasteiger charge is -2.21. The summed E-state index contributed by atoms with van der Waals surface area (Å²) in [5.41, 5.74) is -0.345. The van der Waals surface area contributed by atoms with E-state index in [1.807, 2.05) is 0 Å². The van der Waals surface area contributed by atoms with Crippen LogP contribution in [0.3, 0.4) is 0 Å². The summed E-state index contributed by atoms with van der Waals surface area (Å²) >= 11 is 0. The smallest absolute Gasteiger partial charge is 0.343 e. The SMILES string of the molecule is CC(C)CC[C@H]1CCC[C@@H]1NC(=O)Cn1cn[nH]c1=O. The van der Waals surface area contributed by atoms with Crippen molar-refractivity contribution in [3.8, 4) is 0 Å². The molecule has 2 atom stereocenters. The molecule has 0 radical (unpaired) electrons. The summed E-state index contributed by atoms with van der Waals surface area (Å²) in [5.74, 6) is 1.19. The van der Waals surface area contributed by atoms with E-state index in [4.69, 9.17) is 0 Å². The Morgan fingerprint density at radius 3 is 3.00 bits per heavy atom. The summed E-state index contributed by atoms with van der Waals surface area (Å²) in [6.45, 7) is 4.50. The van der Waals surface area contributed by atoms with Gasteiger partial charge in [0.1, 0.15) is 12.9 Å². The minimum absolute atomic E-state index is 0.0444. The Hall–Kier alpha value is -1.59. The van der Waals surface area contributed by atoms with E-state index in [-0.39, 0.29) is 24.2 Å². The molecule has 1 amide bonds. The third-order valence-corrected chi connectivity index (χ3v) is 4.05. The van der Waals surface area contributed by atoms with E-state index in [1.165, 1.54) is 36.6 Å². The lowest BCUT2D eigenvalue weighted by Crippen LogP contribution is -2.40. The Labute approximate surface area is 119 Å². The van der Waals surface area contributed by atoms with Gasteiger partial charge in [0.2, 0.25) is 5.91 Å². The van der Waals surface area contributed by atoms with Crippen molar-refractivity contribution in [3.63, 3.8) is 0 Å². The van der Waals surface area contributed by atoms with E-state index in [0.717, 1.165) is 6.42 Å². The number of carbonyl (C=O) groups is 1. The molecule has 2 N–H and O–H groups in total. The molecule has 1 aliphatic carbocycles. The van der Waals surface area contributed by atoms with Crippen molar-refractivity contribution in [2.24, 2.45) is 11.8 Å². The van der Waals surface area contributed by atoms with Gasteiger partial charge in [0.05, 0.1) is 0 Å². The molecule has 1 aromatic heterocycles. The van der Waals surface area contributed by atoms with Gasteiger partial charge in [-0.2, -0.15) is 5.10 Å². The molecule has 0 bridgehead atoms. The Morgan fingerprint density at radius 2 is 2.35 bits per heavy atom. The van der Waals surface area contributed by atoms with Crippen LogP contribution in [0.25, 0.3) is 0 Å². The number of aromatic amines is 1. The van der Waals surface area contributed by atoms with Crippen molar-refractivity contribution < 1.29 is 4.79 Å². The molecule has 1 heterocycles. The molecule has 6 nitrogen and oxygen atoms in total. The third-order valence-electron chi connectivity index (χ3n) is 4.05. The van der Waals surface area contributed by atoms with Crippen LogP contribution in [0.1, 0.15) is 46.0 Å². The van der Waals surface area contributed by atoms with Crippen LogP contribution < -0.4 is 11.0 Å². The second-order valence-electron chi connectivity index (χ2n) is 6.13. The third kappa shape index (κ3) is 3.95. The molecule has 20 heavy (non-hydrogen) atoms. The van der Waals surface area contributed by atoms with Crippen molar-refractivity contribution in [1.82, 2.24) is 20.1 Å². The summed E-state index contributed by atoms with van der Waals surface area (Å²) in [6.07, 6.45) is 7.16. The standard InChI is InChI=1S/C14H24N4O2/c1-10(2)6-7-11-4-3-5-12(11)16-13(19)8-18-9-15-17-14(18)20/h9-12H,3-8H2,1-2H3,(H,16,19)(H,17,20)/t11-,12+/m1/s1. The normalized spacial score (nSPS) is 22.4. The molecule has 2 rings (SSSR count). The zero-order valence-corrected chi connectivity index (χ0v) is 12.3. The molecule has 0 aliphatic heterocycles. The number of nitrogens with one attached hydrogen (secondary N) is 2. The number of hydrogen-bond acceptors (Lipinski definition) is 3. The fourth-order valence-corrected chi connectivity index (χ4v) is 2.91. The summed E-state index contributed by atoms with van der Waals surface area (Å²) in [4.78, 5) is 23.3. The highest BCUT2D eigenvalue weighted by atomic mass is 16.2. The number of amides is 1. The van der Waals surface area contributed by atoms with Crippen LogP contribution in [0.5, 0.6) is 0 Å². The minimum atomic E-state index is -0.345. The summed E-state index contributed by atoms with van der Waals surface area (Å²) in [6, 6.07) is 0.267. The first-order chi connectivity index (χ1) is 9.56. The Bertz CT molecular complexity index is 491.